The molecule has 0 radical (unpaired) electrons. The highest BCUT2D eigenvalue weighted by atomic mass is 16.7. The van der Waals surface area contributed by atoms with E-state index in [-0.39, 0.29) is 6.79 Å². The molecule has 3 nitrogen and oxygen atoms in total. The van der Waals surface area contributed by atoms with Crippen LogP contribution < -0.4 is 14.2 Å². The Morgan fingerprint density at radius 1 is 1.22 bits per heavy atom. The molecule has 1 aliphatic rings. The lowest BCUT2D eigenvalue weighted by Gasteiger charge is -2.13. The first-order valence-corrected chi connectivity index (χ1v) is 5.70. The number of fused-ring (bicyclic) bond motifs is 1. The first kappa shape index (κ1) is 12.4. The van der Waals surface area contributed by atoms with Crippen molar-refractivity contribution >= 4 is 0 Å². The smallest absolute Gasteiger partial charge is 0.231 e. The molecular weight excluding hydrogens is 228 g/mol. The minimum Gasteiger partial charge on any atom is -0.496 e. The van der Waals surface area contributed by atoms with Crippen molar-refractivity contribution in [2.24, 2.45) is 0 Å². The lowest BCUT2D eigenvalue weighted by molar-refractivity contribution is 0.173. The number of methoxy groups -OCH3 is 1. The fraction of sp³-hybridized carbons (Fsp3) is 0.333. The summed E-state index contributed by atoms with van der Waals surface area (Å²) in [7, 11) is 1.65. The molecule has 18 heavy (non-hydrogen) atoms. The minimum atomic E-state index is 0.227. The van der Waals surface area contributed by atoms with Gasteiger partial charge in [0, 0.05) is 11.1 Å². The Bertz CT molecular complexity index is 570. The molecule has 0 N–H and O–H groups in total. The summed E-state index contributed by atoms with van der Waals surface area (Å²) in [4.78, 5) is 0. The van der Waals surface area contributed by atoms with E-state index >= 15 is 0 Å². The molecule has 0 saturated carbocycles. The number of rotatable bonds is 1. The van der Waals surface area contributed by atoms with E-state index in [1.165, 1.54) is 0 Å². The molecule has 0 saturated heterocycles. The molecule has 0 fully saturated rings. The molecule has 0 bridgehead atoms. The zero-order valence-corrected chi connectivity index (χ0v) is 11.1. The van der Waals surface area contributed by atoms with Gasteiger partial charge < -0.3 is 14.2 Å². The average Bonchev–Trinajstić information content (AvgIpc) is 2.78. The highest BCUT2D eigenvalue weighted by molar-refractivity contribution is 5.68. The van der Waals surface area contributed by atoms with Crippen molar-refractivity contribution in [2.75, 3.05) is 13.9 Å². The number of hydrogen-bond acceptors (Lipinski definition) is 3. The van der Waals surface area contributed by atoms with Crippen molar-refractivity contribution in [3.63, 3.8) is 0 Å². The van der Waals surface area contributed by atoms with E-state index in [4.69, 9.17) is 14.2 Å². The van der Waals surface area contributed by atoms with E-state index < -0.39 is 0 Å². The van der Waals surface area contributed by atoms with Gasteiger partial charge in [-0.15, -0.1) is 0 Å². The van der Waals surface area contributed by atoms with Crippen molar-refractivity contribution < 1.29 is 14.2 Å². The van der Waals surface area contributed by atoms with Gasteiger partial charge in [-0.3, -0.25) is 0 Å². The molecule has 1 aliphatic heterocycles. The molecule has 1 aromatic rings. The lowest BCUT2D eigenvalue weighted by Crippen LogP contribution is -1.96. The van der Waals surface area contributed by atoms with Crippen LogP contribution in [0.1, 0.15) is 23.6 Å². The van der Waals surface area contributed by atoms with Crippen molar-refractivity contribution in [1.82, 2.24) is 0 Å². The predicted molar refractivity (Wildman–Crippen MR) is 70.3 cm³/mol. The first-order valence-electron chi connectivity index (χ1n) is 5.70. The van der Waals surface area contributed by atoms with Crippen LogP contribution in [0.5, 0.6) is 17.2 Å². The van der Waals surface area contributed by atoms with E-state index in [0.717, 1.165) is 33.8 Å². The van der Waals surface area contributed by atoms with Gasteiger partial charge in [0.2, 0.25) is 6.79 Å². The Balaban J connectivity index is 2.70. The summed E-state index contributed by atoms with van der Waals surface area (Å²) in [5.74, 6) is 8.28. The second-order valence-electron chi connectivity index (χ2n) is 4.25. The SMILES string of the molecule is C=C(C)C#Cc1c(C)c(OC)c(C)c2c1OCO2. The summed E-state index contributed by atoms with van der Waals surface area (Å²) in [6.07, 6.45) is 0. The zero-order chi connectivity index (χ0) is 13.3. The largest absolute Gasteiger partial charge is 0.496 e. The van der Waals surface area contributed by atoms with E-state index in [1.54, 1.807) is 7.11 Å². The number of benzene rings is 1. The zero-order valence-electron chi connectivity index (χ0n) is 11.1. The maximum atomic E-state index is 5.51. The topological polar surface area (TPSA) is 27.7 Å². The van der Waals surface area contributed by atoms with Gasteiger partial charge in [0.05, 0.1) is 12.7 Å². The van der Waals surface area contributed by atoms with Gasteiger partial charge in [0.1, 0.15) is 5.75 Å². The lowest BCUT2D eigenvalue weighted by atomic mass is 10.0. The van der Waals surface area contributed by atoms with Gasteiger partial charge in [-0.1, -0.05) is 18.4 Å². The van der Waals surface area contributed by atoms with Gasteiger partial charge in [0.15, 0.2) is 11.5 Å². The van der Waals surface area contributed by atoms with Crippen molar-refractivity contribution in [1.29, 1.82) is 0 Å². The highest BCUT2D eigenvalue weighted by Gasteiger charge is 2.25. The molecule has 94 valence electrons. The quantitative estimate of drug-likeness (QED) is 0.711. The fourth-order valence-electron chi connectivity index (χ4n) is 2.04. The van der Waals surface area contributed by atoms with E-state index in [9.17, 15) is 0 Å². The molecule has 2 rings (SSSR count). The molecule has 0 aliphatic carbocycles. The summed E-state index contributed by atoms with van der Waals surface area (Å²) in [5, 5.41) is 0. The highest BCUT2D eigenvalue weighted by Crippen LogP contribution is 2.45. The Labute approximate surface area is 107 Å². The second kappa shape index (κ2) is 4.66. The maximum absolute atomic E-state index is 5.51. The van der Waals surface area contributed by atoms with Crippen molar-refractivity contribution in [3.05, 3.63) is 28.8 Å². The molecule has 0 aromatic heterocycles. The van der Waals surface area contributed by atoms with Crippen LogP contribution in [0.4, 0.5) is 0 Å². The summed E-state index contributed by atoms with van der Waals surface area (Å²) in [5.41, 5.74) is 3.53. The Hall–Kier alpha value is -2.08. The molecule has 0 unspecified atom stereocenters. The average molecular weight is 244 g/mol. The van der Waals surface area contributed by atoms with Crippen LogP contribution in [-0.4, -0.2) is 13.9 Å². The van der Waals surface area contributed by atoms with Gasteiger partial charge in [-0.05, 0) is 26.3 Å². The normalized spacial score (nSPS) is 11.8. The van der Waals surface area contributed by atoms with Crippen LogP contribution in [0.25, 0.3) is 0 Å². The molecule has 3 heteroatoms. The second-order valence-corrected chi connectivity index (χ2v) is 4.25. The van der Waals surface area contributed by atoms with Crippen LogP contribution in [0, 0.1) is 25.7 Å². The summed E-state index contributed by atoms with van der Waals surface area (Å²) in [6.45, 7) is 9.79. The van der Waals surface area contributed by atoms with Crippen molar-refractivity contribution in [3.8, 4) is 29.1 Å². The number of ether oxygens (including phenoxy) is 3. The summed E-state index contributed by atoms with van der Waals surface area (Å²) < 4.78 is 16.4. The standard InChI is InChI=1S/C15H16O3/c1-9(2)6-7-12-10(3)13(16-5)11(4)14-15(12)18-8-17-14/h1,8H2,2-5H3. The predicted octanol–water partition coefficient (Wildman–Crippen LogP) is 2.97. The Morgan fingerprint density at radius 2 is 1.89 bits per heavy atom. The van der Waals surface area contributed by atoms with Crippen LogP contribution in [0.3, 0.4) is 0 Å². The van der Waals surface area contributed by atoms with Crippen molar-refractivity contribution in [2.45, 2.75) is 20.8 Å². The molecule has 0 spiro atoms. The Kier molecular flexibility index (Phi) is 3.20. The molecule has 1 aromatic carbocycles. The van der Waals surface area contributed by atoms with Gasteiger partial charge in [-0.25, -0.2) is 0 Å². The van der Waals surface area contributed by atoms with Gasteiger partial charge >= 0.3 is 0 Å². The maximum Gasteiger partial charge on any atom is 0.231 e. The summed E-state index contributed by atoms with van der Waals surface area (Å²) >= 11 is 0. The fourth-order valence-corrected chi connectivity index (χ4v) is 2.04. The van der Waals surface area contributed by atoms with Gasteiger partial charge in [-0.2, -0.15) is 0 Å². The number of hydrogen-bond donors (Lipinski definition) is 0. The third-order valence-corrected chi connectivity index (χ3v) is 2.84. The molecule has 0 atom stereocenters. The van der Waals surface area contributed by atoms with Gasteiger partial charge in [0.25, 0.3) is 0 Å². The monoisotopic (exact) mass is 244 g/mol. The number of allylic oxidation sites excluding steroid dienone is 1. The van der Waals surface area contributed by atoms with E-state index in [0.29, 0.717) is 5.75 Å². The minimum absolute atomic E-state index is 0.227. The third kappa shape index (κ3) is 1.91. The summed E-state index contributed by atoms with van der Waals surface area (Å²) in [6, 6.07) is 0. The van der Waals surface area contributed by atoms with Crippen LogP contribution in [-0.2, 0) is 0 Å². The van der Waals surface area contributed by atoms with E-state index in [1.807, 2.05) is 20.8 Å². The molecule has 1 heterocycles. The first-order chi connectivity index (χ1) is 8.56. The third-order valence-electron chi connectivity index (χ3n) is 2.84. The van der Waals surface area contributed by atoms with Crippen LogP contribution in [0.2, 0.25) is 0 Å². The van der Waals surface area contributed by atoms with Crippen LogP contribution >= 0.6 is 0 Å². The van der Waals surface area contributed by atoms with E-state index in [2.05, 4.69) is 18.4 Å². The molecule has 0 amide bonds. The Morgan fingerprint density at radius 3 is 2.50 bits per heavy atom. The molecular formula is C15H16O3. The van der Waals surface area contributed by atoms with Crippen LogP contribution in [0.15, 0.2) is 12.2 Å².